The summed E-state index contributed by atoms with van der Waals surface area (Å²) in [4.78, 5) is 41.8. The third-order valence-electron chi connectivity index (χ3n) is 6.86. The van der Waals surface area contributed by atoms with Gasteiger partial charge in [-0.25, -0.2) is 4.79 Å². The number of hydrogen-bond donors (Lipinski definition) is 2. The Bertz CT molecular complexity index is 836. The summed E-state index contributed by atoms with van der Waals surface area (Å²) in [6, 6.07) is 6.57. The van der Waals surface area contributed by atoms with Crippen LogP contribution >= 0.6 is 0 Å². The molecule has 0 bridgehead atoms. The van der Waals surface area contributed by atoms with Crippen LogP contribution in [0.25, 0.3) is 0 Å². The van der Waals surface area contributed by atoms with Gasteiger partial charge in [0.15, 0.2) is 0 Å². The Kier molecular flexibility index (Phi) is 8.31. The normalized spacial score (nSPS) is 22.4. The fourth-order valence-electron chi connectivity index (χ4n) is 4.71. The predicted octanol–water partition coefficient (Wildman–Crippen LogP) is 1.72. The Morgan fingerprint density at radius 2 is 1.82 bits per heavy atom. The van der Waals surface area contributed by atoms with Crippen molar-refractivity contribution in [1.29, 1.82) is 0 Å². The predicted molar refractivity (Wildman–Crippen MR) is 124 cm³/mol. The molecule has 4 amide bonds. The van der Waals surface area contributed by atoms with Crippen LogP contribution in [0, 0.1) is 5.92 Å². The van der Waals surface area contributed by atoms with Gasteiger partial charge in [0, 0.05) is 25.7 Å². The first-order valence-electron chi connectivity index (χ1n) is 11.7. The molecule has 0 aromatic heterocycles. The minimum atomic E-state index is -1.23. The maximum atomic E-state index is 13.1. The smallest absolute Gasteiger partial charge is 0.325 e. The summed E-state index contributed by atoms with van der Waals surface area (Å²) in [7, 11) is 1.56. The van der Waals surface area contributed by atoms with E-state index in [1.807, 2.05) is 0 Å². The molecule has 9 heteroatoms. The Balaban J connectivity index is 1.63. The van der Waals surface area contributed by atoms with Crippen LogP contribution in [0.15, 0.2) is 24.3 Å². The average molecular weight is 461 g/mol. The zero-order valence-electron chi connectivity index (χ0n) is 20.1. The third kappa shape index (κ3) is 5.47. The number of methoxy groups -OCH3 is 1. The zero-order chi connectivity index (χ0) is 24.0. The van der Waals surface area contributed by atoms with E-state index < -0.39 is 17.5 Å². The van der Waals surface area contributed by atoms with E-state index >= 15 is 0 Å². The lowest BCUT2D eigenvalue weighted by molar-refractivity contribution is -0.135. The SMILES string of the molecule is CCC(CC)C(CNC(=O)CN1C(=O)NC(C)(c2ccc(OC)cc2)C1=O)N1CCOCC1. The average Bonchev–Trinajstić information content (AvgIpc) is 3.06. The molecule has 2 atom stereocenters. The number of amides is 4. The van der Waals surface area contributed by atoms with Gasteiger partial charge >= 0.3 is 6.03 Å². The van der Waals surface area contributed by atoms with Gasteiger partial charge in [-0.3, -0.25) is 19.4 Å². The van der Waals surface area contributed by atoms with Gasteiger partial charge in [-0.05, 0) is 30.5 Å². The number of nitrogens with zero attached hydrogens (tertiary/aromatic N) is 2. The number of benzene rings is 1. The summed E-state index contributed by atoms with van der Waals surface area (Å²) >= 11 is 0. The van der Waals surface area contributed by atoms with E-state index in [-0.39, 0.29) is 18.5 Å². The van der Waals surface area contributed by atoms with Crippen LogP contribution < -0.4 is 15.4 Å². The molecule has 33 heavy (non-hydrogen) atoms. The molecular weight excluding hydrogens is 424 g/mol. The first-order valence-corrected chi connectivity index (χ1v) is 11.7. The van der Waals surface area contributed by atoms with Crippen molar-refractivity contribution >= 4 is 17.8 Å². The van der Waals surface area contributed by atoms with Crippen molar-refractivity contribution in [1.82, 2.24) is 20.4 Å². The summed E-state index contributed by atoms with van der Waals surface area (Å²) in [5.41, 5.74) is -0.596. The number of urea groups is 1. The summed E-state index contributed by atoms with van der Waals surface area (Å²) in [6.07, 6.45) is 2.03. The number of carbonyl (C=O) groups is 3. The molecule has 1 aromatic carbocycles. The van der Waals surface area contributed by atoms with Crippen molar-refractivity contribution in [2.75, 3.05) is 46.5 Å². The van der Waals surface area contributed by atoms with Crippen molar-refractivity contribution in [3.63, 3.8) is 0 Å². The highest BCUT2D eigenvalue weighted by atomic mass is 16.5. The van der Waals surface area contributed by atoms with Crippen LogP contribution in [-0.4, -0.2) is 80.2 Å². The van der Waals surface area contributed by atoms with Crippen LogP contribution in [0.5, 0.6) is 5.75 Å². The van der Waals surface area contributed by atoms with E-state index in [4.69, 9.17) is 9.47 Å². The Labute approximate surface area is 195 Å². The molecule has 3 rings (SSSR count). The Morgan fingerprint density at radius 1 is 1.18 bits per heavy atom. The fourth-order valence-corrected chi connectivity index (χ4v) is 4.71. The molecule has 2 N–H and O–H groups in total. The van der Waals surface area contributed by atoms with Gasteiger partial charge in [0.05, 0.1) is 20.3 Å². The van der Waals surface area contributed by atoms with E-state index in [0.717, 1.165) is 30.8 Å². The number of ether oxygens (including phenoxy) is 2. The van der Waals surface area contributed by atoms with Gasteiger partial charge in [0.1, 0.15) is 17.8 Å². The highest BCUT2D eigenvalue weighted by Crippen LogP contribution is 2.30. The second-order valence-corrected chi connectivity index (χ2v) is 8.77. The minimum absolute atomic E-state index is 0.195. The second kappa shape index (κ2) is 11.0. The fraction of sp³-hybridized carbons (Fsp3) is 0.625. The van der Waals surface area contributed by atoms with Gasteiger partial charge < -0.3 is 20.1 Å². The van der Waals surface area contributed by atoms with E-state index in [9.17, 15) is 14.4 Å². The number of carbonyl (C=O) groups excluding carboxylic acids is 3. The summed E-state index contributed by atoms with van der Waals surface area (Å²) in [5.74, 6) is 0.306. The lowest BCUT2D eigenvalue weighted by atomic mass is 9.92. The second-order valence-electron chi connectivity index (χ2n) is 8.77. The lowest BCUT2D eigenvalue weighted by Crippen LogP contribution is -2.53. The van der Waals surface area contributed by atoms with E-state index in [0.29, 0.717) is 37.0 Å². The van der Waals surface area contributed by atoms with E-state index in [1.54, 1.807) is 38.3 Å². The number of nitrogens with one attached hydrogen (secondary N) is 2. The minimum Gasteiger partial charge on any atom is -0.497 e. The molecule has 2 heterocycles. The third-order valence-corrected chi connectivity index (χ3v) is 6.86. The molecule has 2 aliphatic rings. The first-order chi connectivity index (χ1) is 15.8. The van der Waals surface area contributed by atoms with Gasteiger partial charge in [0.2, 0.25) is 5.91 Å². The van der Waals surface area contributed by atoms with Gasteiger partial charge in [-0.2, -0.15) is 0 Å². The van der Waals surface area contributed by atoms with Crippen LogP contribution in [0.2, 0.25) is 0 Å². The topological polar surface area (TPSA) is 100 Å². The highest BCUT2D eigenvalue weighted by molar-refractivity contribution is 6.09. The van der Waals surface area contributed by atoms with Crippen LogP contribution in [0.4, 0.5) is 4.79 Å². The van der Waals surface area contributed by atoms with Crippen molar-refractivity contribution in [2.24, 2.45) is 5.92 Å². The lowest BCUT2D eigenvalue weighted by Gasteiger charge is -2.38. The summed E-state index contributed by atoms with van der Waals surface area (Å²) < 4.78 is 10.6. The largest absolute Gasteiger partial charge is 0.497 e. The van der Waals surface area contributed by atoms with Crippen LogP contribution in [0.3, 0.4) is 0 Å². The molecule has 0 saturated carbocycles. The Hall–Kier alpha value is -2.65. The zero-order valence-corrected chi connectivity index (χ0v) is 20.1. The summed E-state index contributed by atoms with van der Waals surface area (Å²) in [5, 5.41) is 5.70. The molecule has 9 nitrogen and oxygen atoms in total. The molecule has 0 radical (unpaired) electrons. The van der Waals surface area contributed by atoms with Crippen molar-refractivity contribution in [2.45, 2.75) is 45.2 Å². The van der Waals surface area contributed by atoms with Gasteiger partial charge in [-0.15, -0.1) is 0 Å². The van der Waals surface area contributed by atoms with Crippen LogP contribution in [-0.2, 0) is 19.9 Å². The molecule has 0 aliphatic carbocycles. The highest BCUT2D eigenvalue weighted by Gasteiger charge is 2.49. The van der Waals surface area contributed by atoms with E-state index in [1.165, 1.54) is 0 Å². The molecule has 2 saturated heterocycles. The number of rotatable bonds is 10. The molecule has 2 unspecified atom stereocenters. The monoisotopic (exact) mass is 460 g/mol. The number of hydrogen-bond acceptors (Lipinski definition) is 6. The van der Waals surface area contributed by atoms with Crippen molar-refractivity contribution < 1.29 is 23.9 Å². The number of morpholine rings is 1. The van der Waals surface area contributed by atoms with Gasteiger partial charge in [0.25, 0.3) is 5.91 Å². The maximum absolute atomic E-state index is 13.1. The standard InChI is InChI=1S/C24H36N4O5/c1-5-17(6-2)20(27-11-13-33-14-12-27)15-25-21(29)16-28-22(30)24(3,26-23(28)31)18-7-9-19(32-4)10-8-18/h7-10,17,20H,5-6,11-16H2,1-4H3,(H,25,29)(H,26,31). The quantitative estimate of drug-likeness (QED) is 0.516. The summed E-state index contributed by atoms with van der Waals surface area (Å²) in [6.45, 7) is 9.20. The molecule has 1 aromatic rings. The van der Waals surface area contributed by atoms with Crippen LogP contribution in [0.1, 0.15) is 39.2 Å². The van der Waals surface area contributed by atoms with E-state index in [2.05, 4.69) is 29.4 Å². The Morgan fingerprint density at radius 3 is 2.39 bits per heavy atom. The number of imide groups is 1. The maximum Gasteiger partial charge on any atom is 0.325 e. The molecular formula is C24H36N4O5. The molecule has 182 valence electrons. The molecule has 0 spiro atoms. The molecule has 2 aliphatic heterocycles. The van der Waals surface area contributed by atoms with Crippen molar-refractivity contribution in [3.05, 3.63) is 29.8 Å². The molecule has 2 fully saturated rings. The first kappa shape index (κ1) is 25.0. The van der Waals surface area contributed by atoms with Gasteiger partial charge in [-0.1, -0.05) is 38.8 Å². The van der Waals surface area contributed by atoms with Crippen molar-refractivity contribution in [3.8, 4) is 5.75 Å².